The van der Waals surface area contributed by atoms with Crippen molar-refractivity contribution in [2.24, 2.45) is 0 Å². The molecular formula is C13H16N2. The van der Waals surface area contributed by atoms with Crippen molar-refractivity contribution in [3.63, 3.8) is 0 Å². The number of hydrogen-bond acceptors (Lipinski definition) is 2. The first-order chi connectivity index (χ1) is 7.02. The fourth-order valence-corrected chi connectivity index (χ4v) is 1.61. The van der Waals surface area contributed by atoms with Crippen LogP contribution in [-0.2, 0) is 0 Å². The molecule has 1 fully saturated rings. The summed E-state index contributed by atoms with van der Waals surface area (Å²) in [5.41, 5.74) is 3.28. The molecule has 0 aromatic rings. The van der Waals surface area contributed by atoms with Gasteiger partial charge in [-0.25, -0.2) is 0 Å². The Morgan fingerprint density at radius 2 is 2.20 bits per heavy atom. The molecule has 0 aromatic heterocycles. The Kier molecular flexibility index (Phi) is 2.14. The number of allylic oxidation sites excluding steroid dienone is 4. The van der Waals surface area contributed by atoms with Crippen LogP contribution in [0.3, 0.4) is 0 Å². The Morgan fingerprint density at radius 1 is 1.53 bits per heavy atom. The second kappa shape index (κ2) is 3.23. The van der Waals surface area contributed by atoms with Gasteiger partial charge in [0, 0.05) is 22.4 Å². The van der Waals surface area contributed by atoms with Gasteiger partial charge >= 0.3 is 0 Å². The molecule has 2 heteroatoms. The molecule has 2 aliphatic carbocycles. The van der Waals surface area contributed by atoms with E-state index in [4.69, 9.17) is 5.41 Å². The van der Waals surface area contributed by atoms with E-state index in [2.05, 4.69) is 25.4 Å². The van der Waals surface area contributed by atoms with E-state index in [0.29, 0.717) is 5.71 Å². The highest BCUT2D eigenvalue weighted by atomic mass is 15.0. The average Bonchev–Trinajstić information content (AvgIpc) is 2.88. The first-order valence-electron chi connectivity index (χ1n) is 5.16. The molecule has 0 amide bonds. The standard InChI is InChI=1S/C13H16N2/c1-9-11(5-4-6-12(9)14)10(2)15-13(3)7-8-13/h4-6,14-15H,1-2,7-8H2,3H3. The monoisotopic (exact) mass is 200 g/mol. The predicted octanol–water partition coefficient (Wildman–Crippen LogP) is 2.71. The van der Waals surface area contributed by atoms with Gasteiger partial charge in [0.25, 0.3) is 0 Å². The fraction of sp³-hybridized carbons (Fsp3) is 0.308. The molecule has 0 bridgehead atoms. The van der Waals surface area contributed by atoms with Gasteiger partial charge in [-0.3, -0.25) is 0 Å². The maximum atomic E-state index is 7.67. The van der Waals surface area contributed by atoms with Crippen LogP contribution in [0.1, 0.15) is 19.8 Å². The van der Waals surface area contributed by atoms with Gasteiger partial charge in [-0.15, -0.1) is 0 Å². The van der Waals surface area contributed by atoms with Gasteiger partial charge in [0.2, 0.25) is 0 Å². The zero-order valence-electron chi connectivity index (χ0n) is 9.06. The van der Waals surface area contributed by atoms with Gasteiger partial charge in [-0.05, 0) is 25.8 Å². The Hall–Kier alpha value is -1.57. The number of rotatable bonds is 3. The summed E-state index contributed by atoms with van der Waals surface area (Å²) in [6.07, 6.45) is 7.96. The minimum absolute atomic E-state index is 0.224. The second-order valence-corrected chi connectivity index (χ2v) is 4.50. The van der Waals surface area contributed by atoms with Crippen LogP contribution in [0.4, 0.5) is 0 Å². The molecule has 0 aliphatic heterocycles. The molecule has 2 aliphatic rings. The Morgan fingerprint density at radius 3 is 2.80 bits per heavy atom. The largest absolute Gasteiger partial charge is 0.380 e. The minimum atomic E-state index is 0.224. The molecule has 0 saturated heterocycles. The third-order valence-electron chi connectivity index (χ3n) is 2.95. The van der Waals surface area contributed by atoms with Crippen molar-refractivity contribution in [1.82, 2.24) is 5.32 Å². The van der Waals surface area contributed by atoms with Crippen LogP contribution < -0.4 is 5.32 Å². The van der Waals surface area contributed by atoms with E-state index in [9.17, 15) is 0 Å². The maximum Gasteiger partial charge on any atom is 0.0613 e. The van der Waals surface area contributed by atoms with Crippen molar-refractivity contribution >= 4 is 5.71 Å². The summed E-state index contributed by atoms with van der Waals surface area (Å²) < 4.78 is 0. The van der Waals surface area contributed by atoms with Crippen LogP contribution in [0.5, 0.6) is 0 Å². The topological polar surface area (TPSA) is 35.9 Å². The van der Waals surface area contributed by atoms with E-state index in [0.717, 1.165) is 16.8 Å². The molecule has 2 N–H and O–H groups in total. The normalized spacial score (nSPS) is 22.3. The molecule has 78 valence electrons. The molecule has 0 atom stereocenters. The minimum Gasteiger partial charge on any atom is -0.380 e. The highest BCUT2D eigenvalue weighted by Crippen LogP contribution is 2.36. The van der Waals surface area contributed by atoms with Crippen LogP contribution in [-0.4, -0.2) is 11.3 Å². The number of nitrogens with one attached hydrogen (secondary N) is 2. The number of hydrogen-bond donors (Lipinski definition) is 2. The van der Waals surface area contributed by atoms with Crippen molar-refractivity contribution in [3.05, 3.63) is 48.2 Å². The first kappa shape index (κ1) is 9.97. The molecule has 0 spiro atoms. The summed E-state index contributed by atoms with van der Waals surface area (Å²) in [6.45, 7) is 10.1. The van der Waals surface area contributed by atoms with E-state index in [1.807, 2.05) is 12.2 Å². The molecule has 0 aromatic carbocycles. The lowest BCUT2D eigenvalue weighted by molar-refractivity contribution is 0.617. The van der Waals surface area contributed by atoms with Gasteiger partial charge in [-0.1, -0.05) is 25.3 Å². The zero-order valence-corrected chi connectivity index (χ0v) is 9.06. The lowest BCUT2D eigenvalue weighted by Gasteiger charge is -2.20. The summed E-state index contributed by atoms with van der Waals surface area (Å²) in [7, 11) is 0. The summed E-state index contributed by atoms with van der Waals surface area (Å²) in [5.74, 6) is 0. The van der Waals surface area contributed by atoms with Gasteiger partial charge in [0.15, 0.2) is 0 Å². The average molecular weight is 200 g/mol. The van der Waals surface area contributed by atoms with Crippen molar-refractivity contribution < 1.29 is 0 Å². The smallest absolute Gasteiger partial charge is 0.0613 e. The SMILES string of the molecule is C=C(NC1(C)CC1)C1=CC=CC(=N)C1=C. The second-order valence-electron chi connectivity index (χ2n) is 4.50. The molecule has 0 radical (unpaired) electrons. The van der Waals surface area contributed by atoms with E-state index < -0.39 is 0 Å². The van der Waals surface area contributed by atoms with E-state index in [-0.39, 0.29) is 5.54 Å². The third-order valence-corrected chi connectivity index (χ3v) is 2.95. The maximum absolute atomic E-state index is 7.67. The Balaban J connectivity index is 2.13. The van der Waals surface area contributed by atoms with Crippen LogP contribution in [0.25, 0.3) is 0 Å². The lowest BCUT2D eigenvalue weighted by Crippen LogP contribution is -2.28. The van der Waals surface area contributed by atoms with Crippen molar-refractivity contribution in [3.8, 4) is 0 Å². The highest BCUT2D eigenvalue weighted by Gasteiger charge is 2.37. The Labute approximate surface area is 90.6 Å². The van der Waals surface area contributed by atoms with Crippen LogP contribution >= 0.6 is 0 Å². The summed E-state index contributed by atoms with van der Waals surface area (Å²) in [5, 5.41) is 11.1. The van der Waals surface area contributed by atoms with Gasteiger partial charge in [0.05, 0.1) is 5.71 Å². The molecule has 0 heterocycles. The molecule has 2 rings (SSSR count). The summed E-state index contributed by atoms with van der Waals surface area (Å²) in [4.78, 5) is 0. The van der Waals surface area contributed by atoms with Crippen molar-refractivity contribution in [2.75, 3.05) is 0 Å². The first-order valence-corrected chi connectivity index (χ1v) is 5.16. The quantitative estimate of drug-likeness (QED) is 0.722. The lowest BCUT2D eigenvalue weighted by atomic mass is 9.95. The molecule has 1 saturated carbocycles. The van der Waals surface area contributed by atoms with E-state index in [1.165, 1.54) is 12.8 Å². The zero-order chi connectivity index (χ0) is 11.1. The van der Waals surface area contributed by atoms with Crippen molar-refractivity contribution in [1.29, 1.82) is 5.41 Å². The van der Waals surface area contributed by atoms with Crippen molar-refractivity contribution in [2.45, 2.75) is 25.3 Å². The van der Waals surface area contributed by atoms with E-state index >= 15 is 0 Å². The van der Waals surface area contributed by atoms with Gasteiger partial charge < -0.3 is 10.7 Å². The molecule has 15 heavy (non-hydrogen) atoms. The predicted molar refractivity (Wildman–Crippen MR) is 64.0 cm³/mol. The van der Waals surface area contributed by atoms with E-state index in [1.54, 1.807) is 6.08 Å². The fourth-order valence-electron chi connectivity index (χ4n) is 1.61. The summed E-state index contributed by atoms with van der Waals surface area (Å²) in [6, 6.07) is 0. The summed E-state index contributed by atoms with van der Waals surface area (Å²) >= 11 is 0. The Bertz CT molecular complexity index is 406. The van der Waals surface area contributed by atoms with Gasteiger partial charge in [-0.2, -0.15) is 0 Å². The van der Waals surface area contributed by atoms with Crippen LogP contribution in [0, 0.1) is 5.41 Å². The highest BCUT2D eigenvalue weighted by molar-refractivity contribution is 6.11. The van der Waals surface area contributed by atoms with Crippen LogP contribution in [0.15, 0.2) is 48.2 Å². The third kappa shape index (κ3) is 1.94. The molecule has 2 nitrogen and oxygen atoms in total. The van der Waals surface area contributed by atoms with Gasteiger partial charge in [0.1, 0.15) is 0 Å². The van der Waals surface area contributed by atoms with Crippen LogP contribution in [0.2, 0.25) is 0 Å². The molecular weight excluding hydrogens is 184 g/mol. The molecule has 0 unspecified atom stereocenters.